The van der Waals surface area contributed by atoms with E-state index in [1.54, 1.807) is 0 Å². The van der Waals surface area contributed by atoms with Gasteiger partial charge in [-0.15, -0.1) is 0 Å². The zero-order valence-corrected chi connectivity index (χ0v) is 54.8. The first-order valence-electron chi connectivity index (χ1n) is 34.0. The van der Waals surface area contributed by atoms with Crippen LogP contribution < -0.4 is 0 Å². The van der Waals surface area contributed by atoms with E-state index in [-0.39, 0.29) is 88.5 Å². The van der Waals surface area contributed by atoms with E-state index in [2.05, 4.69) is 91.1 Å². The highest BCUT2D eigenvalue weighted by Gasteiger charge is 2.68. The number of nitrogens with zero attached hydrogens (tertiary/aromatic N) is 3. The summed E-state index contributed by atoms with van der Waals surface area (Å²) in [5.74, 6) is 0.920. The maximum absolute atomic E-state index is 14.3. The van der Waals surface area contributed by atoms with E-state index in [1.807, 2.05) is 0 Å². The summed E-state index contributed by atoms with van der Waals surface area (Å²) in [4.78, 5) is 55.3. The summed E-state index contributed by atoms with van der Waals surface area (Å²) in [6.45, 7) is 13.5. The molecule has 0 saturated heterocycles. The SMILES string of the molecule is CCCCCCCCCCCCOC(=O)CC[C@@H](C)[C@H]1CC[C@H]2[C@@H]3[C@H](OC(=O)CCCCCCC[N+](C)(C)C)C[C@@H]4C[C@H](OC(=O)CCCCCCC[N+](C)(C)C)CC[C@]4(C)[C@H]3C[C@H](OC(=O)CCCCCCC[N+](C)(C)C)[C@]12C. The molecule has 0 aromatic carbocycles. The van der Waals surface area contributed by atoms with Gasteiger partial charge in [0.15, 0.2) is 0 Å². The second-order valence-corrected chi connectivity index (χ2v) is 30.4. The molecule has 0 spiro atoms. The van der Waals surface area contributed by atoms with Gasteiger partial charge in [-0.2, -0.15) is 0 Å². The van der Waals surface area contributed by atoms with Gasteiger partial charge >= 0.3 is 23.9 Å². The monoisotopic (exact) mass is 1130 g/mol. The van der Waals surface area contributed by atoms with Crippen molar-refractivity contribution in [2.45, 2.75) is 284 Å². The molecule has 0 N–H and O–H groups in total. The van der Waals surface area contributed by atoms with E-state index in [9.17, 15) is 19.2 Å². The van der Waals surface area contributed by atoms with Crippen LogP contribution in [0.15, 0.2) is 0 Å². The van der Waals surface area contributed by atoms with Crippen LogP contribution in [0, 0.1) is 46.3 Å². The lowest BCUT2D eigenvalue weighted by atomic mass is 9.43. The van der Waals surface area contributed by atoms with Crippen molar-refractivity contribution in [3.8, 4) is 0 Å². The first-order valence-corrected chi connectivity index (χ1v) is 34.0. The summed E-state index contributed by atoms with van der Waals surface area (Å²) in [6.07, 6.45) is 36.7. The van der Waals surface area contributed by atoms with Gasteiger partial charge in [0.1, 0.15) is 18.3 Å². The third-order valence-corrected chi connectivity index (χ3v) is 20.5. The van der Waals surface area contributed by atoms with Gasteiger partial charge in [0.05, 0.1) is 89.7 Å². The molecular formula is C69H130N3O8+3. The van der Waals surface area contributed by atoms with Gasteiger partial charge in [-0.05, 0) is 151 Å². The summed E-state index contributed by atoms with van der Waals surface area (Å²) >= 11 is 0. The summed E-state index contributed by atoms with van der Waals surface area (Å²) in [7, 11) is 20.2. The lowest BCUT2D eigenvalue weighted by molar-refractivity contribution is -0.870. The lowest BCUT2D eigenvalue weighted by Gasteiger charge is -2.64. The van der Waals surface area contributed by atoms with Crippen molar-refractivity contribution in [1.82, 2.24) is 0 Å². The van der Waals surface area contributed by atoms with Crippen LogP contribution in [0.2, 0.25) is 0 Å². The van der Waals surface area contributed by atoms with E-state index in [0.29, 0.717) is 32.3 Å². The highest BCUT2D eigenvalue weighted by atomic mass is 16.6. The molecule has 80 heavy (non-hydrogen) atoms. The van der Waals surface area contributed by atoms with Crippen LogP contribution in [0.5, 0.6) is 0 Å². The molecule has 4 aliphatic carbocycles. The van der Waals surface area contributed by atoms with Crippen LogP contribution >= 0.6 is 0 Å². The number of unbranched alkanes of at least 4 members (excludes halogenated alkanes) is 21. The first kappa shape index (κ1) is 70.2. The minimum atomic E-state index is -0.334. The molecule has 4 aliphatic rings. The van der Waals surface area contributed by atoms with Crippen molar-refractivity contribution >= 4 is 23.9 Å². The Hall–Kier alpha value is -2.24. The largest absolute Gasteiger partial charge is 0.466 e. The predicted molar refractivity (Wildman–Crippen MR) is 329 cm³/mol. The minimum absolute atomic E-state index is 0.0721. The second-order valence-electron chi connectivity index (χ2n) is 30.4. The van der Waals surface area contributed by atoms with E-state index in [0.717, 1.165) is 149 Å². The van der Waals surface area contributed by atoms with E-state index in [4.69, 9.17) is 18.9 Å². The van der Waals surface area contributed by atoms with Gasteiger partial charge in [0.25, 0.3) is 0 Å². The van der Waals surface area contributed by atoms with Crippen LogP contribution in [-0.2, 0) is 38.1 Å². The number of hydrogen-bond donors (Lipinski definition) is 0. The van der Waals surface area contributed by atoms with Gasteiger partial charge < -0.3 is 32.4 Å². The Labute approximate surface area is 493 Å². The smallest absolute Gasteiger partial charge is 0.306 e. The minimum Gasteiger partial charge on any atom is -0.466 e. The predicted octanol–water partition coefficient (Wildman–Crippen LogP) is 15.6. The van der Waals surface area contributed by atoms with Crippen LogP contribution in [-0.4, -0.2) is 145 Å². The van der Waals surface area contributed by atoms with E-state index < -0.39 is 0 Å². The van der Waals surface area contributed by atoms with Crippen molar-refractivity contribution in [2.24, 2.45) is 46.3 Å². The van der Waals surface area contributed by atoms with Gasteiger partial charge in [-0.1, -0.05) is 124 Å². The van der Waals surface area contributed by atoms with Gasteiger partial charge in [-0.25, -0.2) is 0 Å². The quantitative estimate of drug-likeness (QED) is 0.0258. The molecule has 11 nitrogen and oxygen atoms in total. The highest BCUT2D eigenvalue weighted by molar-refractivity contribution is 5.70. The van der Waals surface area contributed by atoms with Gasteiger partial charge in [0.2, 0.25) is 0 Å². The third-order valence-electron chi connectivity index (χ3n) is 20.5. The van der Waals surface area contributed by atoms with Crippen molar-refractivity contribution in [2.75, 3.05) is 89.7 Å². The van der Waals surface area contributed by atoms with Crippen LogP contribution in [0.25, 0.3) is 0 Å². The molecule has 466 valence electrons. The van der Waals surface area contributed by atoms with E-state index in [1.165, 1.54) is 96.4 Å². The molecule has 0 radical (unpaired) electrons. The number of esters is 4. The second kappa shape index (κ2) is 35.3. The first-order chi connectivity index (χ1) is 37.9. The number of hydrogen-bond acceptors (Lipinski definition) is 8. The molecule has 0 aliphatic heterocycles. The van der Waals surface area contributed by atoms with Crippen molar-refractivity contribution in [1.29, 1.82) is 0 Å². The molecule has 0 bridgehead atoms. The highest BCUT2D eigenvalue weighted by Crippen LogP contribution is 2.69. The van der Waals surface area contributed by atoms with E-state index >= 15 is 0 Å². The Kier molecular flexibility index (Phi) is 31.0. The zero-order valence-electron chi connectivity index (χ0n) is 54.8. The Morgan fingerprint density at radius 2 is 0.925 bits per heavy atom. The number of carbonyl (C=O) groups excluding carboxylic acids is 4. The number of rotatable bonds is 42. The number of quaternary nitrogens is 3. The van der Waals surface area contributed by atoms with Crippen LogP contribution in [0.4, 0.5) is 0 Å². The standard InChI is InChI=1S/C69H130N3O8/c1-14-15-16-17-18-19-20-21-31-38-51-77-63(73)45-42-55(2)58-43-44-59-67-60(54-62(69(58,59)4)80-66(76)41-34-27-24-30-37-50-72(11,12)13)68(3)47-46-57(78-64(74)39-32-25-22-28-35-48-70(5,6)7)52-56(68)53-61(67)79-65(75)40-33-26-23-29-36-49-71(8,9)10/h55-62,67H,14-54H2,1-13H3/q+3/t55-,56+,57-,58-,59+,60+,61-,62+,67+,68+,69-/m1/s1. The fourth-order valence-corrected chi connectivity index (χ4v) is 15.7. The average Bonchev–Trinajstić information content (AvgIpc) is 3.74. The molecule has 4 fully saturated rings. The van der Waals surface area contributed by atoms with Crippen LogP contribution in [0.1, 0.15) is 265 Å². The summed E-state index contributed by atoms with van der Waals surface area (Å²) < 4.78 is 29.0. The summed E-state index contributed by atoms with van der Waals surface area (Å²) in [6, 6.07) is 0. The molecule has 4 saturated carbocycles. The topological polar surface area (TPSA) is 105 Å². The molecule has 0 aromatic rings. The molecule has 0 amide bonds. The molecule has 4 rings (SSSR count). The van der Waals surface area contributed by atoms with Crippen molar-refractivity contribution < 1.29 is 51.6 Å². The van der Waals surface area contributed by atoms with Crippen molar-refractivity contribution in [3.05, 3.63) is 0 Å². The van der Waals surface area contributed by atoms with Crippen molar-refractivity contribution in [3.63, 3.8) is 0 Å². The maximum Gasteiger partial charge on any atom is 0.306 e. The molecule has 0 heterocycles. The average molecular weight is 1130 g/mol. The molecule has 0 unspecified atom stereocenters. The Balaban J connectivity index is 1.50. The number of ether oxygens (including phenoxy) is 4. The molecular weight excluding hydrogens is 999 g/mol. The molecule has 11 atom stereocenters. The van der Waals surface area contributed by atoms with Crippen LogP contribution in [0.3, 0.4) is 0 Å². The zero-order chi connectivity index (χ0) is 58.8. The normalized spacial score (nSPS) is 27.2. The van der Waals surface area contributed by atoms with Gasteiger partial charge in [-0.3, -0.25) is 19.2 Å². The Bertz CT molecular complexity index is 1770. The summed E-state index contributed by atoms with van der Waals surface area (Å²) in [5.41, 5.74) is -0.410. The fourth-order valence-electron chi connectivity index (χ4n) is 15.7. The number of fused-ring (bicyclic) bond motifs is 5. The Morgan fingerprint density at radius 3 is 1.43 bits per heavy atom. The fraction of sp³-hybridized carbons (Fsp3) is 0.942. The molecule has 0 aromatic heterocycles. The molecule has 11 heteroatoms. The van der Waals surface area contributed by atoms with Gasteiger partial charge in [0, 0.05) is 37.0 Å². The summed E-state index contributed by atoms with van der Waals surface area (Å²) in [5, 5.41) is 0. The lowest BCUT2D eigenvalue weighted by Crippen LogP contribution is -2.63. The maximum atomic E-state index is 14.3. The third kappa shape index (κ3) is 25.1. The number of carbonyl (C=O) groups is 4. The Morgan fingerprint density at radius 1 is 0.475 bits per heavy atom.